The van der Waals surface area contributed by atoms with Crippen molar-refractivity contribution >= 4 is 23.0 Å². The Labute approximate surface area is 157 Å². The van der Waals surface area contributed by atoms with Crippen LogP contribution in [0.25, 0.3) is 11.2 Å². The molecule has 27 heavy (non-hydrogen) atoms. The average molecular weight is 371 g/mol. The van der Waals surface area contributed by atoms with E-state index in [1.54, 1.807) is 17.3 Å². The first-order chi connectivity index (χ1) is 13.0. The van der Waals surface area contributed by atoms with Crippen molar-refractivity contribution in [2.75, 3.05) is 26.3 Å². The maximum absolute atomic E-state index is 12.9. The zero-order chi connectivity index (χ0) is 19.0. The van der Waals surface area contributed by atoms with Crippen LogP contribution < -0.4 is 5.32 Å². The Bertz CT molecular complexity index is 852. The third-order valence-electron chi connectivity index (χ3n) is 5.18. The standard InChI is InChI=1S/C19H25N5O3/c1-11(2)15(19(26)24-5-7-27-8-6-24)23-18(25)13-9-20-17-16(13)22-14(10-21-17)12-3-4-12/h9-12,15H,3-8H2,1-2H3,(H,20,21)(H,23,25)/t15-/m1/s1. The summed E-state index contributed by atoms with van der Waals surface area (Å²) < 4.78 is 5.31. The molecule has 0 spiro atoms. The molecule has 2 amide bonds. The first-order valence-electron chi connectivity index (χ1n) is 9.56. The van der Waals surface area contributed by atoms with Crippen molar-refractivity contribution in [3.8, 4) is 0 Å². The molecule has 1 aliphatic heterocycles. The van der Waals surface area contributed by atoms with Gasteiger partial charge in [0, 0.05) is 25.2 Å². The van der Waals surface area contributed by atoms with E-state index in [-0.39, 0.29) is 17.7 Å². The van der Waals surface area contributed by atoms with Gasteiger partial charge in [-0.05, 0) is 18.8 Å². The van der Waals surface area contributed by atoms with Gasteiger partial charge in [0.25, 0.3) is 5.91 Å². The van der Waals surface area contributed by atoms with Crippen molar-refractivity contribution in [3.05, 3.63) is 23.7 Å². The lowest BCUT2D eigenvalue weighted by Gasteiger charge is -2.32. The Morgan fingerprint density at radius 1 is 1.30 bits per heavy atom. The first kappa shape index (κ1) is 17.9. The summed E-state index contributed by atoms with van der Waals surface area (Å²) in [5, 5.41) is 2.91. The van der Waals surface area contributed by atoms with Crippen molar-refractivity contribution in [1.82, 2.24) is 25.2 Å². The lowest BCUT2D eigenvalue weighted by molar-refractivity contribution is -0.138. The van der Waals surface area contributed by atoms with Crippen molar-refractivity contribution in [3.63, 3.8) is 0 Å². The molecule has 0 bridgehead atoms. The molecular weight excluding hydrogens is 346 g/mol. The summed E-state index contributed by atoms with van der Waals surface area (Å²) in [6, 6.07) is -0.583. The fraction of sp³-hybridized carbons (Fsp3) is 0.579. The average Bonchev–Trinajstić information content (AvgIpc) is 3.45. The molecule has 2 aliphatic rings. The molecule has 8 heteroatoms. The van der Waals surface area contributed by atoms with Gasteiger partial charge in [-0.3, -0.25) is 9.59 Å². The summed E-state index contributed by atoms with van der Waals surface area (Å²) in [6.45, 7) is 6.05. The van der Waals surface area contributed by atoms with Crippen molar-refractivity contribution < 1.29 is 14.3 Å². The molecule has 4 rings (SSSR count). The van der Waals surface area contributed by atoms with Crippen LogP contribution in [-0.4, -0.2) is 64.0 Å². The summed E-state index contributed by atoms with van der Waals surface area (Å²) in [5.74, 6) is 0.0664. The number of H-pyrrole nitrogens is 1. The van der Waals surface area contributed by atoms with Crippen LogP contribution in [0.4, 0.5) is 0 Å². The Morgan fingerprint density at radius 2 is 2.04 bits per heavy atom. The lowest BCUT2D eigenvalue weighted by atomic mass is 10.0. The van der Waals surface area contributed by atoms with Crippen LogP contribution >= 0.6 is 0 Å². The predicted octanol–water partition coefficient (Wildman–Crippen LogP) is 1.45. The van der Waals surface area contributed by atoms with E-state index in [2.05, 4.69) is 20.3 Å². The minimum Gasteiger partial charge on any atom is -0.378 e. The summed E-state index contributed by atoms with van der Waals surface area (Å²) in [5.41, 5.74) is 2.52. The Hall–Kier alpha value is -2.48. The molecule has 1 atom stereocenters. The van der Waals surface area contributed by atoms with Crippen LogP contribution in [-0.2, 0) is 9.53 Å². The van der Waals surface area contributed by atoms with Gasteiger partial charge in [0.2, 0.25) is 5.91 Å². The fourth-order valence-electron chi connectivity index (χ4n) is 3.37. The number of nitrogens with zero attached hydrogens (tertiary/aromatic N) is 3. The number of hydrogen-bond acceptors (Lipinski definition) is 5. The van der Waals surface area contributed by atoms with Crippen LogP contribution in [0.15, 0.2) is 12.4 Å². The fourth-order valence-corrected chi connectivity index (χ4v) is 3.37. The summed E-state index contributed by atoms with van der Waals surface area (Å²) in [6.07, 6.45) is 5.63. The second-order valence-electron chi connectivity index (χ2n) is 7.60. The van der Waals surface area contributed by atoms with E-state index in [0.717, 1.165) is 18.5 Å². The number of carbonyl (C=O) groups excluding carboxylic acids is 2. The molecule has 1 saturated carbocycles. The molecule has 2 aromatic heterocycles. The topological polar surface area (TPSA) is 100 Å². The first-order valence-corrected chi connectivity index (χ1v) is 9.56. The van der Waals surface area contributed by atoms with Gasteiger partial charge < -0.3 is 19.9 Å². The molecule has 0 unspecified atom stereocenters. The number of fused-ring (bicyclic) bond motifs is 1. The van der Waals surface area contributed by atoms with Gasteiger partial charge in [-0.15, -0.1) is 0 Å². The molecule has 1 aliphatic carbocycles. The molecule has 1 saturated heterocycles. The third kappa shape index (κ3) is 3.66. The van der Waals surface area contributed by atoms with Gasteiger partial charge in [-0.25, -0.2) is 9.97 Å². The van der Waals surface area contributed by atoms with Crippen LogP contribution in [0.2, 0.25) is 0 Å². The van der Waals surface area contributed by atoms with Gasteiger partial charge in [-0.1, -0.05) is 13.8 Å². The lowest BCUT2D eigenvalue weighted by Crippen LogP contribution is -2.53. The van der Waals surface area contributed by atoms with E-state index in [9.17, 15) is 9.59 Å². The highest BCUT2D eigenvalue weighted by Crippen LogP contribution is 2.39. The van der Waals surface area contributed by atoms with E-state index in [1.165, 1.54) is 0 Å². The van der Waals surface area contributed by atoms with E-state index >= 15 is 0 Å². The molecular formula is C19H25N5O3. The molecule has 144 valence electrons. The zero-order valence-electron chi connectivity index (χ0n) is 15.7. The summed E-state index contributed by atoms with van der Waals surface area (Å²) in [4.78, 5) is 39.6. The van der Waals surface area contributed by atoms with Crippen molar-refractivity contribution in [2.24, 2.45) is 5.92 Å². The highest BCUT2D eigenvalue weighted by Gasteiger charge is 2.31. The van der Waals surface area contributed by atoms with Crippen LogP contribution in [0, 0.1) is 5.92 Å². The molecule has 2 aromatic rings. The normalized spacial score (nSPS) is 18.7. The number of hydrogen-bond donors (Lipinski definition) is 2. The van der Waals surface area contributed by atoms with E-state index < -0.39 is 6.04 Å². The molecule has 8 nitrogen and oxygen atoms in total. The Morgan fingerprint density at radius 3 is 2.70 bits per heavy atom. The van der Waals surface area contributed by atoms with Crippen LogP contribution in [0.1, 0.15) is 48.7 Å². The third-order valence-corrected chi connectivity index (χ3v) is 5.18. The number of amides is 2. The largest absolute Gasteiger partial charge is 0.378 e. The summed E-state index contributed by atoms with van der Waals surface area (Å²) in [7, 11) is 0. The molecule has 0 aromatic carbocycles. The molecule has 2 fully saturated rings. The van der Waals surface area contributed by atoms with E-state index in [1.807, 2.05) is 13.8 Å². The number of nitrogens with one attached hydrogen (secondary N) is 2. The highest BCUT2D eigenvalue weighted by molar-refractivity contribution is 6.06. The molecule has 0 radical (unpaired) electrons. The quantitative estimate of drug-likeness (QED) is 0.829. The Kier molecular flexibility index (Phi) is 4.82. The SMILES string of the molecule is CC(C)[C@@H](NC(=O)c1c[nH]c2ncc(C3CC3)nc12)C(=O)N1CCOCC1. The number of morpholine rings is 1. The second kappa shape index (κ2) is 7.26. The van der Waals surface area contributed by atoms with E-state index in [4.69, 9.17) is 4.74 Å². The minimum absolute atomic E-state index is 0.0254. The minimum atomic E-state index is -0.583. The zero-order valence-corrected chi connectivity index (χ0v) is 15.7. The van der Waals surface area contributed by atoms with Crippen LogP contribution in [0.3, 0.4) is 0 Å². The predicted molar refractivity (Wildman–Crippen MR) is 99.4 cm³/mol. The van der Waals surface area contributed by atoms with Gasteiger partial charge in [0.05, 0.1) is 30.7 Å². The number of rotatable bonds is 5. The Balaban J connectivity index is 1.54. The summed E-state index contributed by atoms with van der Waals surface area (Å²) >= 11 is 0. The van der Waals surface area contributed by atoms with Gasteiger partial charge >= 0.3 is 0 Å². The monoisotopic (exact) mass is 371 g/mol. The van der Waals surface area contributed by atoms with E-state index in [0.29, 0.717) is 48.9 Å². The number of aromatic nitrogens is 3. The molecule has 3 heterocycles. The van der Waals surface area contributed by atoms with Gasteiger partial charge in [-0.2, -0.15) is 0 Å². The highest BCUT2D eigenvalue weighted by atomic mass is 16.5. The van der Waals surface area contributed by atoms with Gasteiger partial charge in [0.1, 0.15) is 11.6 Å². The van der Waals surface area contributed by atoms with Crippen molar-refractivity contribution in [1.29, 1.82) is 0 Å². The van der Waals surface area contributed by atoms with Crippen LogP contribution in [0.5, 0.6) is 0 Å². The second-order valence-corrected chi connectivity index (χ2v) is 7.60. The molecule has 2 N–H and O–H groups in total. The maximum atomic E-state index is 12.9. The van der Waals surface area contributed by atoms with Crippen molar-refractivity contribution in [2.45, 2.75) is 38.6 Å². The smallest absolute Gasteiger partial charge is 0.255 e. The number of aromatic amines is 1. The maximum Gasteiger partial charge on any atom is 0.255 e. The number of ether oxygens (including phenoxy) is 1. The van der Waals surface area contributed by atoms with Gasteiger partial charge in [0.15, 0.2) is 5.65 Å². The number of carbonyl (C=O) groups is 2.